The van der Waals surface area contributed by atoms with Crippen LogP contribution in [0.3, 0.4) is 0 Å². The van der Waals surface area contributed by atoms with E-state index in [1.165, 1.54) is 0 Å². The van der Waals surface area contributed by atoms with Crippen LogP contribution in [0.15, 0.2) is 0 Å². The highest BCUT2D eigenvalue weighted by molar-refractivity contribution is 7.86. The molecule has 0 spiro atoms. The molecule has 2 atom stereocenters. The average molecular weight is 206 g/mol. The molecule has 1 saturated carbocycles. The molecule has 0 aromatic heterocycles. The van der Waals surface area contributed by atoms with Crippen molar-refractivity contribution in [2.45, 2.75) is 12.6 Å². The summed E-state index contributed by atoms with van der Waals surface area (Å²) in [4.78, 5) is 0. The second-order valence-corrected chi connectivity index (χ2v) is 4.26. The Morgan fingerprint density at radius 3 is 2.08 bits per heavy atom. The van der Waals surface area contributed by atoms with Gasteiger partial charge in [0.25, 0.3) is 0 Å². The van der Waals surface area contributed by atoms with Crippen LogP contribution in [0, 0.1) is 11.8 Å². The van der Waals surface area contributed by atoms with Crippen LogP contribution in [0.5, 0.6) is 0 Å². The van der Waals surface area contributed by atoms with E-state index in [-0.39, 0.29) is 6.42 Å². The van der Waals surface area contributed by atoms with Crippen LogP contribution in [-0.2, 0) is 10.2 Å². The van der Waals surface area contributed by atoms with Gasteiger partial charge in [-0.3, -0.25) is 0 Å². The summed E-state index contributed by atoms with van der Waals surface area (Å²) in [6.07, 6.45) is -4.65. The van der Waals surface area contributed by atoms with E-state index >= 15 is 0 Å². The summed E-state index contributed by atoms with van der Waals surface area (Å²) >= 11 is 0. The molecule has 0 saturated heterocycles. The van der Waals surface area contributed by atoms with E-state index in [1.54, 1.807) is 0 Å². The standard InChI is InChI=1S/C5H6F4O2S/c6-5(7,8)4-1-3(4)2-12(9,10)11/h3-4H,1-2H2. The average Bonchev–Trinajstić information content (AvgIpc) is 2.37. The van der Waals surface area contributed by atoms with Gasteiger partial charge < -0.3 is 0 Å². The van der Waals surface area contributed by atoms with Crippen molar-refractivity contribution in [3.8, 4) is 0 Å². The summed E-state index contributed by atoms with van der Waals surface area (Å²) in [6, 6.07) is 0. The SMILES string of the molecule is O=S(=O)(F)CC1CC1C(F)(F)F. The molecule has 2 unspecified atom stereocenters. The molecule has 1 aliphatic rings. The van der Waals surface area contributed by atoms with Crippen molar-refractivity contribution >= 4 is 10.2 Å². The topological polar surface area (TPSA) is 34.1 Å². The van der Waals surface area contributed by atoms with Crippen LogP contribution in [0.4, 0.5) is 17.1 Å². The van der Waals surface area contributed by atoms with Gasteiger partial charge in [0, 0.05) is 0 Å². The molecule has 1 rings (SSSR count). The lowest BCUT2D eigenvalue weighted by atomic mass is 10.3. The van der Waals surface area contributed by atoms with Crippen molar-refractivity contribution in [1.29, 1.82) is 0 Å². The Bertz CT molecular complexity index is 268. The van der Waals surface area contributed by atoms with Gasteiger partial charge in [-0.15, -0.1) is 3.89 Å². The normalized spacial score (nSPS) is 30.3. The second kappa shape index (κ2) is 2.58. The van der Waals surface area contributed by atoms with E-state index in [4.69, 9.17) is 0 Å². The predicted octanol–water partition coefficient (Wildman–Crippen LogP) is 1.48. The Morgan fingerprint density at radius 2 is 1.83 bits per heavy atom. The lowest BCUT2D eigenvalue weighted by Gasteiger charge is -2.02. The van der Waals surface area contributed by atoms with Crippen LogP contribution in [0.2, 0.25) is 0 Å². The molecule has 0 aromatic carbocycles. The van der Waals surface area contributed by atoms with Gasteiger partial charge in [-0.05, 0) is 12.3 Å². The fourth-order valence-electron chi connectivity index (χ4n) is 1.09. The molecule has 2 nitrogen and oxygen atoms in total. The molecule has 0 heterocycles. The van der Waals surface area contributed by atoms with Gasteiger partial charge in [-0.1, -0.05) is 0 Å². The quantitative estimate of drug-likeness (QED) is 0.506. The molecule has 1 fully saturated rings. The van der Waals surface area contributed by atoms with Crippen molar-refractivity contribution in [3.05, 3.63) is 0 Å². The third-order valence-corrected chi connectivity index (χ3v) is 2.58. The summed E-state index contributed by atoms with van der Waals surface area (Å²) in [5.41, 5.74) is 0. The van der Waals surface area contributed by atoms with Crippen molar-refractivity contribution in [2.75, 3.05) is 5.75 Å². The van der Waals surface area contributed by atoms with Crippen LogP contribution in [-0.4, -0.2) is 20.3 Å². The largest absolute Gasteiger partial charge is 0.392 e. The van der Waals surface area contributed by atoms with Gasteiger partial charge in [0.1, 0.15) is 0 Å². The maximum Gasteiger partial charge on any atom is 0.392 e. The maximum absolute atomic E-state index is 11.8. The van der Waals surface area contributed by atoms with Crippen molar-refractivity contribution in [1.82, 2.24) is 0 Å². The monoisotopic (exact) mass is 206 g/mol. The molecule has 0 aromatic rings. The van der Waals surface area contributed by atoms with Crippen LogP contribution < -0.4 is 0 Å². The van der Waals surface area contributed by atoms with Crippen molar-refractivity contribution in [2.24, 2.45) is 11.8 Å². The lowest BCUT2D eigenvalue weighted by Crippen LogP contribution is -2.14. The molecular weight excluding hydrogens is 200 g/mol. The summed E-state index contributed by atoms with van der Waals surface area (Å²) in [5, 5.41) is 0. The van der Waals surface area contributed by atoms with Gasteiger partial charge in [0.2, 0.25) is 0 Å². The lowest BCUT2D eigenvalue weighted by molar-refractivity contribution is -0.150. The summed E-state index contributed by atoms with van der Waals surface area (Å²) in [6.45, 7) is 0. The molecule has 7 heteroatoms. The first-order valence-electron chi connectivity index (χ1n) is 3.19. The minimum absolute atomic E-state index is 0.271. The van der Waals surface area contributed by atoms with Crippen LogP contribution in [0.25, 0.3) is 0 Å². The minimum atomic E-state index is -4.75. The Balaban J connectivity index is 2.45. The summed E-state index contributed by atoms with van der Waals surface area (Å²) in [5.74, 6) is -3.69. The molecule has 12 heavy (non-hydrogen) atoms. The molecule has 0 aliphatic heterocycles. The third kappa shape index (κ3) is 2.62. The number of halogens is 4. The highest BCUT2D eigenvalue weighted by Gasteiger charge is 2.56. The first-order chi connectivity index (χ1) is 5.20. The van der Waals surface area contributed by atoms with E-state index in [0.717, 1.165) is 0 Å². The first-order valence-corrected chi connectivity index (χ1v) is 4.74. The Morgan fingerprint density at radius 1 is 1.33 bits per heavy atom. The maximum atomic E-state index is 11.8. The Labute approximate surface area is 66.8 Å². The number of rotatable bonds is 2. The van der Waals surface area contributed by atoms with E-state index in [2.05, 4.69) is 0 Å². The fraction of sp³-hybridized carbons (Fsp3) is 1.00. The highest BCUT2D eigenvalue weighted by Crippen LogP contribution is 2.50. The van der Waals surface area contributed by atoms with Gasteiger partial charge in [-0.25, -0.2) is 0 Å². The van der Waals surface area contributed by atoms with E-state index in [0.29, 0.717) is 0 Å². The Kier molecular flexibility index (Phi) is 2.10. The molecule has 0 bridgehead atoms. The number of alkyl halides is 3. The smallest absolute Gasteiger partial charge is 0.195 e. The zero-order valence-corrected chi connectivity index (χ0v) is 6.62. The number of hydrogen-bond acceptors (Lipinski definition) is 2. The van der Waals surface area contributed by atoms with Gasteiger partial charge in [0.05, 0.1) is 11.7 Å². The fourth-order valence-corrected chi connectivity index (χ4v) is 1.97. The molecular formula is C5H6F4O2S. The van der Waals surface area contributed by atoms with E-state index in [1.807, 2.05) is 0 Å². The molecule has 1 aliphatic carbocycles. The minimum Gasteiger partial charge on any atom is -0.195 e. The molecule has 0 N–H and O–H groups in total. The van der Waals surface area contributed by atoms with Crippen molar-refractivity contribution < 1.29 is 25.5 Å². The zero-order chi connectivity index (χ0) is 9.57. The van der Waals surface area contributed by atoms with Crippen molar-refractivity contribution in [3.63, 3.8) is 0 Å². The second-order valence-electron chi connectivity index (χ2n) is 2.85. The summed E-state index contributed by atoms with van der Waals surface area (Å²) in [7, 11) is -4.75. The predicted molar refractivity (Wildman–Crippen MR) is 32.5 cm³/mol. The highest BCUT2D eigenvalue weighted by atomic mass is 32.3. The zero-order valence-electron chi connectivity index (χ0n) is 5.81. The molecule has 72 valence electrons. The van der Waals surface area contributed by atoms with Gasteiger partial charge in [0.15, 0.2) is 0 Å². The van der Waals surface area contributed by atoms with E-state index < -0.39 is 34.0 Å². The first kappa shape index (κ1) is 9.76. The van der Waals surface area contributed by atoms with Crippen LogP contribution in [0.1, 0.15) is 6.42 Å². The molecule has 0 amide bonds. The van der Waals surface area contributed by atoms with Gasteiger partial charge >= 0.3 is 16.4 Å². The third-order valence-electron chi connectivity index (χ3n) is 1.76. The van der Waals surface area contributed by atoms with Gasteiger partial charge in [-0.2, -0.15) is 21.6 Å². The Hall–Kier alpha value is -0.330. The van der Waals surface area contributed by atoms with E-state index in [9.17, 15) is 25.5 Å². The summed E-state index contributed by atoms with van der Waals surface area (Å²) < 4.78 is 66.9. The number of hydrogen-bond donors (Lipinski definition) is 0. The van der Waals surface area contributed by atoms with Crippen LogP contribution >= 0.6 is 0 Å². The molecule has 0 radical (unpaired) electrons.